The van der Waals surface area contributed by atoms with E-state index in [-0.39, 0.29) is 6.10 Å². The zero-order chi connectivity index (χ0) is 17.9. The van der Waals surface area contributed by atoms with E-state index in [9.17, 15) is 5.11 Å². The van der Waals surface area contributed by atoms with E-state index in [0.29, 0.717) is 6.04 Å². The third kappa shape index (κ3) is 4.66. The zero-order valence-electron chi connectivity index (χ0n) is 16.1. The van der Waals surface area contributed by atoms with Crippen LogP contribution >= 0.6 is 11.3 Å². The Morgan fingerprint density at radius 2 is 1.77 bits per heavy atom. The van der Waals surface area contributed by atoms with Crippen molar-refractivity contribution in [3.8, 4) is 0 Å². The second-order valence-electron chi connectivity index (χ2n) is 8.40. The van der Waals surface area contributed by atoms with Crippen LogP contribution in [0.2, 0.25) is 0 Å². The van der Waals surface area contributed by atoms with E-state index >= 15 is 0 Å². The molecule has 5 nitrogen and oxygen atoms in total. The average molecular weight is 379 g/mol. The Bertz CT molecular complexity index is 566. The topological polar surface area (TPSA) is 33.2 Å². The zero-order valence-corrected chi connectivity index (χ0v) is 17.0. The van der Waals surface area contributed by atoms with E-state index in [1.807, 2.05) is 11.3 Å². The van der Waals surface area contributed by atoms with E-state index in [0.717, 1.165) is 58.8 Å². The summed E-state index contributed by atoms with van der Waals surface area (Å²) >= 11 is 1.89. The average Bonchev–Trinajstić information content (AvgIpc) is 3.29. The van der Waals surface area contributed by atoms with Crippen molar-refractivity contribution >= 4 is 11.3 Å². The number of hydrogen-bond acceptors (Lipinski definition) is 6. The summed E-state index contributed by atoms with van der Waals surface area (Å²) in [7, 11) is 2.19. The minimum atomic E-state index is -0.212. The molecule has 0 amide bonds. The van der Waals surface area contributed by atoms with Gasteiger partial charge in [-0.3, -0.25) is 14.7 Å². The van der Waals surface area contributed by atoms with Gasteiger partial charge in [0.25, 0.3) is 0 Å². The highest BCUT2D eigenvalue weighted by atomic mass is 32.1. The molecule has 3 aliphatic heterocycles. The molecule has 0 bridgehead atoms. The maximum atomic E-state index is 10.7. The van der Waals surface area contributed by atoms with Crippen LogP contribution in [0.25, 0.3) is 0 Å². The van der Waals surface area contributed by atoms with Crippen LogP contribution in [0.15, 0.2) is 11.4 Å². The number of aliphatic hydroxyl groups excluding tert-OH is 1. The van der Waals surface area contributed by atoms with Gasteiger partial charge >= 0.3 is 0 Å². The molecule has 1 N–H and O–H groups in total. The predicted octanol–water partition coefficient (Wildman–Crippen LogP) is 1.53. The molecule has 0 unspecified atom stereocenters. The number of piperazine rings is 1. The Kier molecular flexibility index (Phi) is 6.29. The second-order valence-corrected chi connectivity index (χ2v) is 9.40. The van der Waals surface area contributed by atoms with E-state index < -0.39 is 0 Å². The largest absolute Gasteiger partial charge is 0.390 e. The third-order valence-electron chi connectivity index (χ3n) is 6.33. The molecule has 6 heteroatoms. The van der Waals surface area contributed by atoms with Gasteiger partial charge in [-0.05, 0) is 56.4 Å². The molecule has 4 rings (SSSR count). The number of likely N-dealkylation sites (tertiary alicyclic amines) is 2. The lowest BCUT2D eigenvalue weighted by Crippen LogP contribution is -2.58. The second kappa shape index (κ2) is 8.67. The third-order valence-corrected chi connectivity index (χ3v) is 7.30. The van der Waals surface area contributed by atoms with Crippen molar-refractivity contribution in [2.45, 2.75) is 44.5 Å². The normalized spacial score (nSPS) is 30.2. The molecule has 0 aromatic carbocycles. The van der Waals surface area contributed by atoms with Crippen molar-refractivity contribution < 1.29 is 5.11 Å². The summed E-state index contributed by atoms with van der Waals surface area (Å²) in [5, 5.41) is 13.1. The lowest BCUT2D eigenvalue weighted by molar-refractivity contribution is -0.0284. The van der Waals surface area contributed by atoms with Crippen LogP contribution in [0.3, 0.4) is 0 Å². The molecule has 4 heterocycles. The molecule has 1 aromatic heterocycles. The molecule has 26 heavy (non-hydrogen) atoms. The highest BCUT2D eigenvalue weighted by Gasteiger charge is 2.33. The van der Waals surface area contributed by atoms with Crippen molar-refractivity contribution in [2.24, 2.45) is 0 Å². The summed E-state index contributed by atoms with van der Waals surface area (Å²) in [6.07, 6.45) is 3.60. The number of rotatable bonds is 5. The molecule has 3 fully saturated rings. The fourth-order valence-electron chi connectivity index (χ4n) is 4.72. The van der Waals surface area contributed by atoms with Gasteiger partial charge in [-0.2, -0.15) is 0 Å². The van der Waals surface area contributed by atoms with Gasteiger partial charge in [-0.25, -0.2) is 0 Å². The Morgan fingerprint density at radius 3 is 2.50 bits per heavy atom. The van der Waals surface area contributed by atoms with Crippen LogP contribution in [0.4, 0.5) is 0 Å². The van der Waals surface area contributed by atoms with E-state index in [4.69, 9.17) is 0 Å². The summed E-state index contributed by atoms with van der Waals surface area (Å²) in [5.74, 6) is 0. The highest BCUT2D eigenvalue weighted by Crippen LogP contribution is 2.24. The Hall–Kier alpha value is -0.500. The van der Waals surface area contributed by atoms with Crippen LogP contribution in [-0.4, -0.2) is 96.3 Å². The molecular weight excluding hydrogens is 344 g/mol. The summed E-state index contributed by atoms with van der Waals surface area (Å²) in [6, 6.07) is 2.75. The van der Waals surface area contributed by atoms with Gasteiger partial charge in [0.2, 0.25) is 0 Å². The number of thiophene rings is 1. The Morgan fingerprint density at radius 1 is 1.00 bits per heavy atom. The molecule has 1 aromatic rings. The van der Waals surface area contributed by atoms with Crippen LogP contribution in [0.5, 0.6) is 0 Å². The van der Waals surface area contributed by atoms with E-state index in [1.54, 1.807) is 0 Å². The van der Waals surface area contributed by atoms with Gasteiger partial charge in [0.05, 0.1) is 6.10 Å². The first-order valence-corrected chi connectivity index (χ1v) is 11.2. The monoisotopic (exact) mass is 378 g/mol. The van der Waals surface area contributed by atoms with E-state index in [1.165, 1.54) is 36.4 Å². The standard InChI is InChI=1S/C20H34N4OS/c1-21-8-10-24(11-9-21)19-4-7-23(15-20(19)25)14-18-12-17(16-26-18)13-22-5-2-3-6-22/h12,16,19-20,25H,2-11,13-15H2,1H3/t19-,20-/m1/s1. The molecule has 146 valence electrons. The Labute approximate surface area is 162 Å². The maximum Gasteiger partial charge on any atom is 0.0822 e. The first-order chi connectivity index (χ1) is 12.7. The van der Waals surface area contributed by atoms with Crippen molar-refractivity contribution in [3.63, 3.8) is 0 Å². The van der Waals surface area contributed by atoms with Crippen molar-refractivity contribution in [1.82, 2.24) is 19.6 Å². The molecule has 3 aliphatic rings. The van der Waals surface area contributed by atoms with Gasteiger partial charge < -0.3 is 10.0 Å². The first-order valence-electron chi connectivity index (χ1n) is 10.3. The predicted molar refractivity (Wildman–Crippen MR) is 108 cm³/mol. The molecule has 0 saturated carbocycles. The number of aliphatic hydroxyl groups is 1. The van der Waals surface area contributed by atoms with E-state index in [2.05, 4.69) is 38.1 Å². The summed E-state index contributed by atoms with van der Waals surface area (Å²) in [5.41, 5.74) is 1.47. The van der Waals surface area contributed by atoms with Gasteiger partial charge in [0.15, 0.2) is 0 Å². The number of β-amino-alcohol motifs (C(OH)–C–C–N with tert-alkyl or cyclic N) is 1. The number of piperidine rings is 1. The van der Waals surface area contributed by atoms with Crippen molar-refractivity contribution in [3.05, 3.63) is 21.9 Å². The summed E-state index contributed by atoms with van der Waals surface area (Å²) in [6.45, 7) is 11.0. The van der Waals surface area contributed by atoms with Crippen LogP contribution < -0.4 is 0 Å². The molecule has 3 saturated heterocycles. The summed E-state index contributed by atoms with van der Waals surface area (Å²) < 4.78 is 0. The minimum absolute atomic E-state index is 0.212. The molecule has 0 radical (unpaired) electrons. The minimum Gasteiger partial charge on any atom is -0.390 e. The van der Waals surface area contributed by atoms with Crippen LogP contribution in [0, 0.1) is 0 Å². The number of hydrogen-bond donors (Lipinski definition) is 1. The lowest BCUT2D eigenvalue weighted by atomic mass is 9.99. The number of nitrogens with zero attached hydrogens (tertiary/aromatic N) is 4. The fourth-order valence-corrected chi connectivity index (χ4v) is 5.64. The molecule has 0 spiro atoms. The van der Waals surface area contributed by atoms with Gasteiger partial charge in [0.1, 0.15) is 0 Å². The molecular formula is C20H34N4OS. The molecule has 2 atom stereocenters. The van der Waals surface area contributed by atoms with Crippen LogP contribution in [-0.2, 0) is 13.1 Å². The lowest BCUT2D eigenvalue weighted by Gasteiger charge is -2.44. The fraction of sp³-hybridized carbons (Fsp3) is 0.800. The van der Waals surface area contributed by atoms with Gasteiger partial charge in [-0.1, -0.05) is 0 Å². The quantitative estimate of drug-likeness (QED) is 0.840. The smallest absolute Gasteiger partial charge is 0.0822 e. The SMILES string of the molecule is CN1CCN([C@@H]2CCN(Cc3cc(CN4CCCC4)cs3)C[C@H]2O)CC1. The summed E-state index contributed by atoms with van der Waals surface area (Å²) in [4.78, 5) is 11.4. The van der Waals surface area contributed by atoms with Crippen molar-refractivity contribution in [1.29, 1.82) is 0 Å². The highest BCUT2D eigenvalue weighted by molar-refractivity contribution is 7.10. The van der Waals surface area contributed by atoms with Crippen molar-refractivity contribution in [2.75, 3.05) is 59.4 Å². The number of likely N-dealkylation sites (N-methyl/N-ethyl adjacent to an activating group) is 1. The first kappa shape index (κ1) is 18.8. The molecule has 0 aliphatic carbocycles. The van der Waals surface area contributed by atoms with Gasteiger partial charge in [0, 0.05) is 63.3 Å². The van der Waals surface area contributed by atoms with Crippen LogP contribution in [0.1, 0.15) is 29.7 Å². The Balaban J connectivity index is 1.26. The maximum absolute atomic E-state index is 10.7. The van der Waals surface area contributed by atoms with Gasteiger partial charge in [-0.15, -0.1) is 11.3 Å².